The molecule has 1 aliphatic heterocycles. The second kappa shape index (κ2) is 9.23. The predicted molar refractivity (Wildman–Crippen MR) is 101 cm³/mol. The van der Waals surface area contributed by atoms with Crippen LogP contribution in [-0.4, -0.2) is 42.5 Å². The van der Waals surface area contributed by atoms with Crippen molar-refractivity contribution in [3.63, 3.8) is 0 Å². The molecule has 144 valence electrons. The van der Waals surface area contributed by atoms with Gasteiger partial charge in [-0.15, -0.1) is 0 Å². The normalized spacial score (nSPS) is 13.3. The predicted octanol–water partition coefficient (Wildman–Crippen LogP) is 2.95. The fourth-order valence-corrected chi connectivity index (χ4v) is 2.78. The van der Waals surface area contributed by atoms with Crippen molar-refractivity contribution in [1.29, 1.82) is 0 Å². The van der Waals surface area contributed by atoms with Crippen LogP contribution < -0.4 is 14.8 Å². The van der Waals surface area contributed by atoms with Crippen LogP contribution in [0.3, 0.4) is 0 Å². The van der Waals surface area contributed by atoms with Crippen molar-refractivity contribution < 1.29 is 19.0 Å². The van der Waals surface area contributed by atoms with Crippen LogP contribution in [0.15, 0.2) is 42.7 Å². The van der Waals surface area contributed by atoms with Gasteiger partial charge in [-0.3, -0.25) is 4.98 Å². The standard InChI is InChI=1S/C20H25N3O4/c1-15(25-2)7-9-22-20(24)23(13-17-4-3-8-21-11-17)12-16-5-6-18-19(10-16)27-14-26-18/h3-6,8,10-11,15H,7,9,12-14H2,1-2H3,(H,22,24)/t15-/m0/s1. The summed E-state index contributed by atoms with van der Waals surface area (Å²) in [6, 6.07) is 9.44. The Balaban J connectivity index is 1.68. The highest BCUT2D eigenvalue weighted by Crippen LogP contribution is 2.32. The molecule has 7 nitrogen and oxygen atoms in total. The van der Waals surface area contributed by atoms with Crippen LogP contribution in [0, 0.1) is 0 Å². The minimum absolute atomic E-state index is 0.103. The van der Waals surface area contributed by atoms with Crippen LogP contribution in [-0.2, 0) is 17.8 Å². The van der Waals surface area contributed by atoms with Crippen molar-refractivity contribution in [2.24, 2.45) is 0 Å². The van der Waals surface area contributed by atoms with Gasteiger partial charge in [0.1, 0.15) is 0 Å². The lowest BCUT2D eigenvalue weighted by atomic mass is 10.1. The van der Waals surface area contributed by atoms with E-state index in [1.54, 1.807) is 24.4 Å². The molecule has 1 aliphatic rings. The third-order valence-corrected chi connectivity index (χ3v) is 4.42. The number of benzene rings is 1. The van der Waals surface area contributed by atoms with E-state index >= 15 is 0 Å². The highest BCUT2D eigenvalue weighted by Gasteiger charge is 2.18. The maximum Gasteiger partial charge on any atom is 0.318 e. The smallest absolute Gasteiger partial charge is 0.318 e. The topological polar surface area (TPSA) is 72.9 Å². The Morgan fingerprint density at radius 2 is 2.07 bits per heavy atom. The molecule has 0 fully saturated rings. The van der Waals surface area contributed by atoms with E-state index in [0.717, 1.165) is 23.3 Å². The van der Waals surface area contributed by atoms with Crippen LogP contribution in [0.2, 0.25) is 0 Å². The van der Waals surface area contributed by atoms with Crippen LogP contribution in [0.4, 0.5) is 4.79 Å². The third-order valence-electron chi connectivity index (χ3n) is 4.42. The zero-order chi connectivity index (χ0) is 19.1. The molecule has 3 rings (SSSR count). The minimum Gasteiger partial charge on any atom is -0.454 e. The Labute approximate surface area is 159 Å². The van der Waals surface area contributed by atoms with Gasteiger partial charge in [-0.2, -0.15) is 0 Å². The Hall–Kier alpha value is -2.80. The molecule has 7 heteroatoms. The van der Waals surface area contributed by atoms with Gasteiger partial charge in [0.25, 0.3) is 0 Å². The SMILES string of the molecule is CO[C@@H](C)CCNC(=O)N(Cc1cccnc1)Cc1ccc2c(c1)OCO2. The average molecular weight is 371 g/mol. The molecule has 0 radical (unpaired) electrons. The first kappa shape index (κ1) is 19.0. The Kier molecular flexibility index (Phi) is 6.49. The number of rotatable bonds is 8. The quantitative estimate of drug-likeness (QED) is 0.772. The molecule has 1 N–H and O–H groups in total. The first-order valence-electron chi connectivity index (χ1n) is 8.98. The van der Waals surface area contributed by atoms with Gasteiger partial charge < -0.3 is 24.4 Å². The van der Waals surface area contributed by atoms with Gasteiger partial charge >= 0.3 is 6.03 Å². The summed E-state index contributed by atoms with van der Waals surface area (Å²) in [6.45, 7) is 3.69. The number of hydrogen-bond donors (Lipinski definition) is 1. The molecule has 1 aromatic heterocycles. The van der Waals surface area contributed by atoms with E-state index in [1.165, 1.54) is 0 Å². The highest BCUT2D eigenvalue weighted by atomic mass is 16.7. The molecule has 2 amide bonds. The summed E-state index contributed by atoms with van der Waals surface area (Å²) in [4.78, 5) is 18.6. The lowest BCUT2D eigenvalue weighted by Crippen LogP contribution is -2.40. The number of ether oxygens (including phenoxy) is 3. The van der Waals surface area contributed by atoms with E-state index in [1.807, 2.05) is 37.3 Å². The number of amides is 2. The molecule has 0 saturated heterocycles. The number of carbonyl (C=O) groups excluding carboxylic acids is 1. The van der Waals surface area contributed by atoms with Gasteiger partial charge in [-0.1, -0.05) is 12.1 Å². The Morgan fingerprint density at radius 1 is 1.26 bits per heavy atom. The zero-order valence-electron chi connectivity index (χ0n) is 15.7. The van der Waals surface area contributed by atoms with Crippen LogP contribution >= 0.6 is 0 Å². The molecule has 2 aromatic rings. The molecule has 2 heterocycles. The number of nitrogens with zero attached hydrogens (tertiary/aromatic N) is 2. The zero-order valence-corrected chi connectivity index (χ0v) is 15.7. The summed E-state index contributed by atoms with van der Waals surface area (Å²) < 4.78 is 16.0. The van der Waals surface area contributed by atoms with Gasteiger partial charge in [0.2, 0.25) is 6.79 Å². The summed E-state index contributed by atoms with van der Waals surface area (Å²) in [5, 5.41) is 2.97. The van der Waals surface area contributed by atoms with E-state index in [-0.39, 0.29) is 18.9 Å². The van der Waals surface area contributed by atoms with E-state index in [9.17, 15) is 4.79 Å². The summed E-state index contributed by atoms with van der Waals surface area (Å²) in [5.74, 6) is 1.44. The van der Waals surface area contributed by atoms with Crippen molar-refractivity contribution in [1.82, 2.24) is 15.2 Å². The van der Waals surface area contributed by atoms with E-state index in [4.69, 9.17) is 14.2 Å². The number of aromatic nitrogens is 1. The van der Waals surface area contributed by atoms with Gasteiger partial charge in [0.15, 0.2) is 11.5 Å². The summed E-state index contributed by atoms with van der Waals surface area (Å²) in [7, 11) is 1.67. The fraction of sp³-hybridized carbons (Fsp3) is 0.400. The van der Waals surface area contributed by atoms with Crippen LogP contribution in [0.5, 0.6) is 11.5 Å². The number of carbonyl (C=O) groups is 1. The summed E-state index contributed by atoms with van der Waals surface area (Å²) >= 11 is 0. The maximum atomic E-state index is 12.8. The van der Waals surface area contributed by atoms with Crippen LogP contribution in [0.25, 0.3) is 0 Å². The van der Waals surface area contributed by atoms with Crippen molar-refractivity contribution in [3.05, 3.63) is 53.9 Å². The summed E-state index contributed by atoms with van der Waals surface area (Å²) in [5.41, 5.74) is 1.95. The molecular weight excluding hydrogens is 346 g/mol. The second-order valence-electron chi connectivity index (χ2n) is 6.47. The number of hydrogen-bond acceptors (Lipinski definition) is 5. The molecular formula is C20H25N3O4. The van der Waals surface area contributed by atoms with Gasteiger partial charge in [0.05, 0.1) is 6.10 Å². The van der Waals surface area contributed by atoms with Crippen molar-refractivity contribution in [3.8, 4) is 11.5 Å². The number of methoxy groups -OCH3 is 1. The molecule has 0 saturated carbocycles. The van der Waals surface area contributed by atoms with Crippen molar-refractivity contribution >= 4 is 6.03 Å². The molecule has 0 bridgehead atoms. The molecule has 0 unspecified atom stereocenters. The average Bonchev–Trinajstić information content (AvgIpc) is 3.16. The third kappa shape index (κ3) is 5.34. The number of urea groups is 1. The van der Waals surface area contributed by atoms with Gasteiger partial charge in [-0.05, 0) is 42.7 Å². The molecule has 27 heavy (non-hydrogen) atoms. The monoisotopic (exact) mass is 371 g/mol. The van der Waals surface area contributed by atoms with Crippen molar-refractivity contribution in [2.75, 3.05) is 20.4 Å². The maximum absolute atomic E-state index is 12.8. The highest BCUT2D eigenvalue weighted by molar-refractivity contribution is 5.74. The fourth-order valence-electron chi connectivity index (χ4n) is 2.78. The molecule has 1 aromatic carbocycles. The second-order valence-corrected chi connectivity index (χ2v) is 6.47. The molecule has 0 aliphatic carbocycles. The van der Waals surface area contributed by atoms with E-state index in [0.29, 0.717) is 25.4 Å². The number of fused-ring (bicyclic) bond motifs is 1. The van der Waals surface area contributed by atoms with E-state index in [2.05, 4.69) is 10.3 Å². The first-order chi connectivity index (χ1) is 13.2. The Morgan fingerprint density at radius 3 is 2.85 bits per heavy atom. The van der Waals surface area contributed by atoms with E-state index < -0.39 is 0 Å². The lowest BCUT2D eigenvalue weighted by molar-refractivity contribution is 0.110. The first-order valence-corrected chi connectivity index (χ1v) is 8.98. The number of nitrogens with one attached hydrogen (secondary N) is 1. The lowest BCUT2D eigenvalue weighted by Gasteiger charge is -2.24. The molecule has 1 atom stereocenters. The number of pyridine rings is 1. The van der Waals surface area contributed by atoms with Crippen LogP contribution in [0.1, 0.15) is 24.5 Å². The minimum atomic E-state index is -0.125. The van der Waals surface area contributed by atoms with Crippen molar-refractivity contribution in [2.45, 2.75) is 32.5 Å². The van der Waals surface area contributed by atoms with Gasteiger partial charge in [-0.25, -0.2) is 4.79 Å². The summed E-state index contributed by atoms with van der Waals surface area (Å²) in [6.07, 6.45) is 4.35. The molecule has 0 spiro atoms. The van der Waals surface area contributed by atoms with Gasteiger partial charge in [0, 0.05) is 39.1 Å². The Bertz CT molecular complexity index is 754. The largest absolute Gasteiger partial charge is 0.454 e.